The Balaban J connectivity index is 2.59. The number of hydrogen-bond donors (Lipinski definition) is 1. The lowest BCUT2D eigenvalue weighted by atomic mass is 9.73. The van der Waals surface area contributed by atoms with E-state index in [4.69, 9.17) is 18.9 Å². The molecule has 0 aliphatic carbocycles. The molecule has 35 heavy (non-hydrogen) atoms. The second kappa shape index (κ2) is 9.73. The molecular formula is C30H38O5. The molecule has 0 amide bonds. The van der Waals surface area contributed by atoms with Gasteiger partial charge in [-0.3, -0.25) is 0 Å². The van der Waals surface area contributed by atoms with Gasteiger partial charge in [-0.05, 0) is 58.4 Å². The molecule has 1 N–H and O–H groups in total. The Labute approximate surface area is 209 Å². The van der Waals surface area contributed by atoms with E-state index in [0.717, 1.165) is 22.3 Å². The van der Waals surface area contributed by atoms with Crippen molar-refractivity contribution in [1.82, 2.24) is 0 Å². The molecule has 0 unspecified atom stereocenters. The zero-order valence-corrected chi connectivity index (χ0v) is 22.6. The van der Waals surface area contributed by atoms with Crippen LogP contribution in [0.25, 0.3) is 22.3 Å². The molecule has 188 valence electrons. The summed E-state index contributed by atoms with van der Waals surface area (Å²) in [7, 11) is 6.53. The first kappa shape index (κ1) is 26.3. The van der Waals surface area contributed by atoms with Crippen molar-refractivity contribution in [3.8, 4) is 51.0 Å². The van der Waals surface area contributed by atoms with E-state index in [1.54, 1.807) is 28.4 Å². The van der Waals surface area contributed by atoms with Crippen LogP contribution < -0.4 is 18.9 Å². The van der Waals surface area contributed by atoms with Crippen molar-refractivity contribution in [2.45, 2.75) is 52.4 Å². The fourth-order valence-corrected chi connectivity index (χ4v) is 4.42. The van der Waals surface area contributed by atoms with Crippen LogP contribution in [-0.4, -0.2) is 33.5 Å². The molecule has 3 aromatic rings. The Morgan fingerprint density at radius 1 is 0.543 bits per heavy atom. The lowest BCUT2D eigenvalue weighted by Gasteiger charge is -2.32. The average Bonchev–Trinajstić information content (AvgIpc) is 2.81. The number of phenolic OH excluding ortho intramolecular Hbond substituents is 1. The van der Waals surface area contributed by atoms with Crippen LogP contribution in [-0.2, 0) is 10.8 Å². The third kappa shape index (κ3) is 5.04. The lowest BCUT2D eigenvalue weighted by Crippen LogP contribution is -2.19. The minimum absolute atomic E-state index is 0.167. The summed E-state index contributed by atoms with van der Waals surface area (Å²) in [6.45, 7) is 12.9. The summed E-state index contributed by atoms with van der Waals surface area (Å²) in [5.41, 5.74) is 4.43. The first-order valence-corrected chi connectivity index (χ1v) is 11.7. The predicted molar refractivity (Wildman–Crippen MR) is 143 cm³/mol. The van der Waals surface area contributed by atoms with E-state index in [9.17, 15) is 5.11 Å². The number of benzene rings is 3. The van der Waals surface area contributed by atoms with Crippen LogP contribution in [0.15, 0.2) is 42.5 Å². The number of rotatable bonds is 6. The van der Waals surface area contributed by atoms with Crippen LogP contribution >= 0.6 is 0 Å². The Morgan fingerprint density at radius 2 is 0.914 bits per heavy atom. The van der Waals surface area contributed by atoms with E-state index in [-0.39, 0.29) is 16.6 Å². The SMILES string of the molecule is COc1ccc(OC)c(-c2c(C(C)(C)C)cc(C(C)(C)C)c(-c3cc(OC)ccc3OC)c2O)c1. The van der Waals surface area contributed by atoms with Crippen LogP contribution in [0.1, 0.15) is 52.7 Å². The predicted octanol–water partition coefficient (Wildman–Crippen LogP) is 7.36. The van der Waals surface area contributed by atoms with Gasteiger partial charge in [-0.15, -0.1) is 0 Å². The van der Waals surface area contributed by atoms with Gasteiger partial charge >= 0.3 is 0 Å². The summed E-state index contributed by atoms with van der Waals surface area (Å²) >= 11 is 0. The van der Waals surface area contributed by atoms with Crippen molar-refractivity contribution in [2.75, 3.05) is 28.4 Å². The first-order valence-electron chi connectivity index (χ1n) is 11.7. The molecule has 3 aromatic carbocycles. The third-order valence-electron chi connectivity index (χ3n) is 6.27. The molecule has 0 saturated heterocycles. The zero-order valence-electron chi connectivity index (χ0n) is 22.6. The quantitative estimate of drug-likeness (QED) is 0.401. The highest BCUT2D eigenvalue weighted by molar-refractivity contribution is 5.91. The molecular weight excluding hydrogens is 440 g/mol. The van der Waals surface area contributed by atoms with E-state index >= 15 is 0 Å². The van der Waals surface area contributed by atoms with E-state index in [1.165, 1.54) is 0 Å². The summed E-state index contributed by atoms with van der Waals surface area (Å²) in [4.78, 5) is 0. The first-order chi connectivity index (χ1) is 16.4. The van der Waals surface area contributed by atoms with E-state index < -0.39 is 0 Å². The van der Waals surface area contributed by atoms with Gasteiger partial charge in [0.05, 0.1) is 28.4 Å². The van der Waals surface area contributed by atoms with Crippen molar-refractivity contribution < 1.29 is 24.1 Å². The van der Waals surface area contributed by atoms with Crippen molar-refractivity contribution >= 4 is 0 Å². The highest BCUT2D eigenvalue weighted by atomic mass is 16.5. The Kier molecular flexibility index (Phi) is 7.30. The van der Waals surface area contributed by atoms with Crippen molar-refractivity contribution in [2.24, 2.45) is 0 Å². The molecule has 0 heterocycles. The zero-order chi connectivity index (χ0) is 26.1. The normalized spacial score (nSPS) is 11.8. The molecule has 5 heteroatoms. The molecule has 0 fully saturated rings. The molecule has 0 saturated carbocycles. The largest absolute Gasteiger partial charge is 0.507 e. The second-order valence-corrected chi connectivity index (χ2v) is 10.7. The molecule has 0 bridgehead atoms. The van der Waals surface area contributed by atoms with Gasteiger partial charge in [-0.2, -0.15) is 0 Å². The average molecular weight is 479 g/mol. The Bertz CT molecular complexity index is 1120. The molecule has 0 aliphatic rings. The fraction of sp³-hybridized carbons (Fsp3) is 0.400. The van der Waals surface area contributed by atoms with E-state index in [0.29, 0.717) is 34.1 Å². The molecule has 5 nitrogen and oxygen atoms in total. The minimum Gasteiger partial charge on any atom is -0.507 e. The number of aromatic hydroxyl groups is 1. The van der Waals surface area contributed by atoms with Crippen LogP contribution in [0.5, 0.6) is 28.7 Å². The summed E-state index contributed by atoms with van der Waals surface area (Å²) in [6, 6.07) is 13.5. The topological polar surface area (TPSA) is 57.2 Å². The molecule has 0 radical (unpaired) electrons. The van der Waals surface area contributed by atoms with Crippen LogP contribution in [0.4, 0.5) is 0 Å². The highest BCUT2D eigenvalue weighted by Crippen LogP contribution is 2.53. The van der Waals surface area contributed by atoms with Crippen LogP contribution in [0, 0.1) is 0 Å². The molecule has 0 aromatic heterocycles. The molecule has 3 rings (SSSR count). The van der Waals surface area contributed by atoms with Gasteiger partial charge in [0.2, 0.25) is 0 Å². The summed E-state index contributed by atoms with van der Waals surface area (Å²) in [6.07, 6.45) is 0. The van der Waals surface area contributed by atoms with Gasteiger partial charge in [0, 0.05) is 22.3 Å². The third-order valence-corrected chi connectivity index (χ3v) is 6.27. The summed E-state index contributed by atoms with van der Waals surface area (Å²) in [5, 5.41) is 12.2. The van der Waals surface area contributed by atoms with Gasteiger partial charge in [0.15, 0.2) is 0 Å². The van der Waals surface area contributed by atoms with Gasteiger partial charge < -0.3 is 24.1 Å². The summed E-state index contributed by atoms with van der Waals surface area (Å²) in [5.74, 6) is 2.83. The number of ether oxygens (including phenoxy) is 4. The van der Waals surface area contributed by atoms with Gasteiger partial charge in [0.1, 0.15) is 28.7 Å². The molecule has 0 atom stereocenters. The smallest absolute Gasteiger partial charge is 0.132 e. The maximum absolute atomic E-state index is 12.2. The lowest BCUT2D eigenvalue weighted by molar-refractivity contribution is 0.403. The van der Waals surface area contributed by atoms with E-state index in [2.05, 4.69) is 47.6 Å². The van der Waals surface area contributed by atoms with Gasteiger partial charge in [-0.25, -0.2) is 0 Å². The Morgan fingerprint density at radius 3 is 1.20 bits per heavy atom. The van der Waals surface area contributed by atoms with Gasteiger partial charge in [0.25, 0.3) is 0 Å². The van der Waals surface area contributed by atoms with Crippen molar-refractivity contribution in [3.05, 3.63) is 53.6 Å². The van der Waals surface area contributed by atoms with Crippen LogP contribution in [0.2, 0.25) is 0 Å². The summed E-state index contributed by atoms with van der Waals surface area (Å²) < 4.78 is 22.5. The molecule has 0 spiro atoms. The molecule has 0 aliphatic heterocycles. The van der Waals surface area contributed by atoms with Crippen LogP contribution in [0.3, 0.4) is 0 Å². The van der Waals surface area contributed by atoms with Gasteiger partial charge in [-0.1, -0.05) is 47.6 Å². The second-order valence-electron chi connectivity index (χ2n) is 10.7. The number of phenols is 1. The number of hydrogen-bond acceptors (Lipinski definition) is 5. The Hall–Kier alpha value is -3.34. The maximum Gasteiger partial charge on any atom is 0.132 e. The fourth-order valence-electron chi connectivity index (χ4n) is 4.42. The standard InChI is InChI=1S/C30H38O5/c1-29(2,3)22-17-23(30(4,5)6)27(21-16-19(33-8)12-14-25(21)35-10)28(31)26(22)20-15-18(32-7)11-13-24(20)34-9/h11-17,31H,1-10H3. The maximum atomic E-state index is 12.2. The monoisotopic (exact) mass is 478 g/mol. The minimum atomic E-state index is -0.266. The van der Waals surface area contributed by atoms with E-state index in [1.807, 2.05) is 36.4 Å². The van der Waals surface area contributed by atoms with Crippen molar-refractivity contribution in [3.63, 3.8) is 0 Å². The highest BCUT2D eigenvalue weighted by Gasteiger charge is 2.32. The number of methoxy groups -OCH3 is 4. The van der Waals surface area contributed by atoms with Crippen molar-refractivity contribution in [1.29, 1.82) is 0 Å².